The molecule has 4 rings (SSSR count). The molecule has 2 aromatic carbocycles. The van der Waals surface area contributed by atoms with Gasteiger partial charge in [0.2, 0.25) is 0 Å². The molecule has 3 N–H and O–H groups in total. The van der Waals surface area contributed by atoms with Crippen molar-refractivity contribution in [1.29, 1.82) is 0 Å². The van der Waals surface area contributed by atoms with Gasteiger partial charge in [0.05, 0.1) is 17.5 Å². The fraction of sp³-hybridized carbons (Fsp3) is 0.423. The number of thiocarbonyl (C=S) groups is 1. The van der Waals surface area contributed by atoms with Gasteiger partial charge in [-0.05, 0) is 69.6 Å². The maximum atomic E-state index is 15.5. The lowest BCUT2D eigenvalue weighted by molar-refractivity contribution is 0.0569. The van der Waals surface area contributed by atoms with E-state index in [0.717, 1.165) is 31.6 Å². The SMILES string of the molecule is C[C@@H]1CN(c2cc(N3CCCCC3)c(/C=N/NC(N)=S)cc2F)C[C@H](C)N1C(=O)c1ccccc1F. The molecule has 0 unspecified atom stereocenters. The quantitative estimate of drug-likeness (QED) is 0.359. The van der Waals surface area contributed by atoms with E-state index in [-0.39, 0.29) is 34.5 Å². The van der Waals surface area contributed by atoms with Crippen molar-refractivity contribution in [1.82, 2.24) is 10.3 Å². The molecule has 0 spiro atoms. The molecule has 0 radical (unpaired) electrons. The van der Waals surface area contributed by atoms with Gasteiger partial charge in [0.15, 0.2) is 5.11 Å². The minimum atomic E-state index is -0.538. The van der Waals surface area contributed by atoms with E-state index >= 15 is 4.39 Å². The Hall–Kier alpha value is -3.27. The minimum absolute atomic E-state index is 0.0358. The lowest BCUT2D eigenvalue weighted by Crippen LogP contribution is -2.59. The number of anilines is 2. The molecule has 10 heteroatoms. The maximum absolute atomic E-state index is 15.5. The minimum Gasteiger partial charge on any atom is -0.375 e. The number of carbonyl (C=O) groups is 1. The molecule has 2 saturated heterocycles. The van der Waals surface area contributed by atoms with Gasteiger partial charge in [0.25, 0.3) is 5.91 Å². The number of halogens is 2. The molecular weight excluding hydrogens is 482 g/mol. The van der Waals surface area contributed by atoms with Gasteiger partial charge in [0, 0.05) is 49.5 Å². The number of nitrogens with two attached hydrogens (primary N) is 1. The zero-order valence-corrected chi connectivity index (χ0v) is 21.4. The Labute approximate surface area is 215 Å². The van der Waals surface area contributed by atoms with E-state index in [4.69, 9.17) is 18.0 Å². The van der Waals surface area contributed by atoms with Gasteiger partial charge in [-0.15, -0.1) is 0 Å². The summed E-state index contributed by atoms with van der Waals surface area (Å²) in [5, 5.41) is 4.08. The van der Waals surface area contributed by atoms with Crippen LogP contribution >= 0.6 is 12.2 Å². The number of nitrogens with zero attached hydrogens (tertiary/aromatic N) is 4. The summed E-state index contributed by atoms with van der Waals surface area (Å²) in [6.07, 6.45) is 4.84. The number of piperazine rings is 1. The Morgan fingerprint density at radius 2 is 1.69 bits per heavy atom. The van der Waals surface area contributed by atoms with Gasteiger partial charge < -0.3 is 20.4 Å². The van der Waals surface area contributed by atoms with Crippen molar-refractivity contribution in [3.8, 4) is 0 Å². The van der Waals surface area contributed by atoms with Crippen molar-refractivity contribution in [2.24, 2.45) is 10.8 Å². The Bertz CT molecular complexity index is 1140. The summed E-state index contributed by atoms with van der Waals surface area (Å²) in [6.45, 7) is 6.44. The monoisotopic (exact) mass is 514 g/mol. The standard InChI is InChI=1S/C26H32F2N6OS/c1-17-15-33(16-18(2)34(17)25(35)20-8-4-5-9-21(20)27)24-13-23(32-10-6-3-7-11-32)19(12-22(24)28)14-30-31-26(29)36/h4-5,8-9,12-14,17-18H,3,6-7,10-11,15-16H2,1-2H3,(H3,29,31,36)/b30-14+/t17-,18+. The fourth-order valence-corrected chi connectivity index (χ4v) is 5.23. The molecule has 1 amide bonds. The number of amides is 1. The van der Waals surface area contributed by atoms with E-state index in [1.807, 2.05) is 24.8 Å². The van der Waals surface area contributed by atoms with Crippen LogP contribution in [0.1, 0.15) is 49.0 Å². The molecule has 36 heavy (non-hydrogen) atoms. The van der Waals surface area contributed by atoms with Crippen molar-refractivity contribution >= 4 is 40.8 Å². The highest BCUT2D eigenvalue weighted by Gasteiger charge is 2.35. The zero-order valence-electron chi connectivity index (χ0n) is 20.6. The summed E-state index contributed by atoms with van der Waals surface area (Å²) < 4.78 is 29.8. The third-order valence-corrected chi connectivity index (χ3v) is 6.86. The van der Waals surface area contributed by atoms with E-state index in [1.54, 1.807) is 17.0 Å². The number of piperidine rings is 1. The molecule has 2 atom stereocenters. The Kier molecular flexibility index (Phi) is 8.03. The fourth-order valence-electron chi connectivity index (χ4n) is 5.18. The third kappa shape index (κ3) is 5.59. The average molecular weight is 515 g/mol. The number of hydrazone groups is 1. The highest BCUT2D eigenvalue weighted by atomic mass is 32.1. The number of hydrogen-bond acceptors (Lipinski definition) is 5. The molecule has 0 bridgehead atoms. The molecule has 7 nitrogen and oxygen atoms in total. The average Bonchev–Trinajstić information content (AvgIpc) is 2.84. The van der Waals surface area contributed by atoms with Crippen molar-refractivity contribution in [3.63, 3.8) is 0 Å². The summed E-state index contributed by atoms with van der Waals surface area (Å²) in [5.74, 6) is -1.26. The smallest absolute Gasteiger partial charge is 0.257 e. The van der Waals surface area contributed by atoms with Gasteiger partial charge >= 0.3 is 0 Å². The summed E-state index contributed by atoms with van der Waals surface area (Å²) in [5.41, 5.74) is 10.0. The van der Waals surface area contributed by atoms with Crippen molar-refractivity contribution in [2.45, 2.75) is 45.2 Å². The molecule has 2 aliphatic rings. The van der Waals surface area contributed by atoms with Gasteiger partial charge in [-0.3, -0.25) is 10.2 Å². The van der Waals surface area contributed by atoms with Crippen molar-refractivity contribution in [2.75, 3.05) is 36.0 Å². The van der Waals surface area contributed by atoms with Crippen LogP contribution in [-0.2, 0) is 0 Å². The molecule has 0 aliphatic carbocycles. The second kappa shape index (κ2) is 11.2. The molecule has 0 saturated carbocycles. The van der Waals surface area contributed by atoms with Gasteiger partial charge in [-0.25, -0.2) is 8.78 Å². The van der Waals surface area contributed by atoms with Crippen LogP contribution in [0.4, 0.5) is 20.2 Å². The third-order valence-electron chi connectivity index (χ3n) is 6.77. The molecule has 2 aliphatic heterocycles. The summed E-state index contributed by atoms with van der Waals surface area (Å²) in [4.78, 5) is 19.1. The Morgan fingerprint density at radius 3 is 2.33 bits per heavy atom. The van der Waals surface area contributed by atoms with E-state index in [9.17, 15) is 9.18 Å². The normalized spacial score (nSPS) is 20.6. The van der Waals surface area contributed by atoms with E-state index in [2.05, 4.69) is 15.4 Å². The first-order valence-electron chi connectivity index (χ1n) is 12.3. The van der Waals surface area contributed by atoms with Crippen LogP contribution < -0.4 is 21.0 Å². The predicted molar refractivity (Wildman–Crippen MR) is 144 cm³/mol. The largest absolute Gasteiger partial charge is 0.375 e. The molecule has 0 aromatic heterocycles. The van der Waals surface area contributed by atoms with Crippen LogP contribution in [-0.4, -0.2) is 60.4 Å². The van der Waals surface area contributed by atoms with Crippen LogP contribution in [0.3, 0.4) is 0 Å². The van der Waals surface area contributed by atoms with Crippen LogP contribution in [0.15, 0.2) is 41.5 Å². The second-order valence-corrected chi connectivity index (χ2v) is 9.88. The van der Waals surface area contributed by atoms with Crippen LogP contribution in [0.25, 0.3) is 0 Å². The summed E-state index contributed by atoms with van der Waals surface area (Å²) in [6, 6.07) is 8.88. The molecular formula is C26H32F2N6OS. The molecule has 2 fully saturated rings. The van der Waals surface area contributed by atoms with Crippen molar-refractivity contribution < 1.29 is 13.6 Å². The number of carbonyl (C=O) groups excluding carboxylic acids is 1. The maximum Gasteiger partial charge on any atom is 0.257 e. The van der Waals surface area contributed by atoms with Crippen molar-refractivity contribution in [3.05, 3.63) is 59.2 Å². The summed E-state index contributed by atoms with van der Waals surface area (Å²) in [7, 11) is 0. The van der Waals surface area contributed by atoms with Gasteiger partial charge in [0.1, 0.15) is 11.6 Å². The lowest BCUT2D eigenvalue weighted by atomic mass is 10.0. The van der Waals surface area contributed by atoms with Crippen LogP contribution in [0, 0.1) is 11.6 Å². The predicted octanol–water partition coefficient (Wildman–Crippen LogP) is 3.86. The highest BCUT2D eigenvalue weighted by Crippen LogP contribution is 2.33. The van der Waals surface area contributed by atoms with Crippen LogP contribution in [0.5, 0.6) is 0 Å². The first-order chi connectivity index (χ1) is 17.3. The van der Waals surface area contributed by atoms with E-state index in [1.165, 1.54) is 30.8 Å². The topological polar surface area (TPSA) is 77.2 Å². The zero-order chi connectivity index (χ0) is 25.8. The lowest BCUT2D eigenvalue weighted by Gasteiger charge is -2.45. The number of benzene rings is 2. The van der Waals surface area contributed by atoms with Gasteiger partial charge in [-0.2, -0.15) is 5.10 Å². The molecule has 2 heterocycles. The number of rotatable bonds is 5. The van der Waals surface area contributed by atoms with Crippen LogP contribution in [0.2, 0.25) is 0 Å². The number of hydrogen-bond donors (Lipinski definition) is 2. The first-order valence-corrected chi connectivity index (χ1v) is 12.7. The molecule has 2 aromatic rings. The van der Waals surface area contributed by atoms with E-state index < -0.39 is 5.82 Å². The van der Waals surface area contributed by atoms with Gasteiger partial charge in [-0.1, -0.05) is 12.1 Å². The number of nitrogens with one attached hydrogen (secondary N) is 1. The molecule has 192 valence electrons. The Balaban J connectivity index is 1.61. The second-order valence-electron chi connectivity index (χ2n) is 9.44. The summed E-state index contributed by atoms with van der Waals surface area (Å²) >= 11 is 4.80. The Morgan fingerprint density at radius 1 is 1.03 bits per heavy atom. The highest BCUT2D eigenvalue weighted by molar-refractivity contribution is 7.80. The first kappa shape index (κ1) is 25.8. The van der Waals surface area contributed by atoms with E-state index in [0.29, 0.717) is 24.3 Å².